The first-order valence-electron chi connectivity index (χ1n) is 8.04. The molecule has 1 fully saturated rings. The van der Waals surface area contributed by atoms with Gasteiger partial charge in [0, 0.05) is 37.8 Å². The Hall–Kier alpha value is -0.900. The third kappa shape index (κ3) is 5.38. The molecule has 0 unspecified atom stereocenters. The van der Waals surface area contributed by atoms with E-state index in [0.717, 1.165) is 63.0 Å². The number of allylic oxidation sites excluding steroid dienone is 1. The molecule has 124 valence electrons. The van der Waals surface area contributed by atoms with Gasteiger partial charge in [-0.3, -0.25) is 4.90 Å². The molecule has 4 heteroatoms. The molecule has 0 aromatic heterocycles. The molecule has 1 saturated heterocycles. The largest absolute Gasteiger partial charge is 0.314 e. The topological polar surface area (TPSA) is 15.3 Å². The molecule has 2 nitrogen and oxygen atoms in total. The van der Waals surface area contributed by atoms with Gasteiger partial charge < -0.3 is 5.32 Å². The van der Waals surface area contributed by atoms with Crippen molar-refractivity contribution in [3.8, 4) is 0 Å². The van der Waals surface area contributed by atoms with Crippen LogP contribution in [-0.2, 0) is 0 Å². The van der Waals surface area contributed by atoms with E-state index in [0.29, 0.717) is 0 Å². The average molecular weight is 327 g/mol. The molecule has 0 amide bonds. The van der Waals surface area contributed by atoms with E-state index in [-0.39, 0.29) is 24.3 Å². The van der Waals surface area contributed by atoms with E-state index in [9.17, 15) is 4.39 Å². The van der Waals surface area contributed by atoms with Gasteiger partial charge >= 0.3 is 0 Å². The van der Waals surface area contributed by atoms with Crippen molar-refractivity contribution in [2.45, 2.75) is 38.6 Å². The summed E-state index contributed by atoms with van der Waals surface area (Å²) in [5, 5.41) is 3.37. The number of nitrogens with zero attached hydrogens (tertiary/aromatic N) is 1. The van der Waals surface area contributed by atoms with Crippen LogP contribution in [0.3, 0.4) is 0 Å². The van der Waals surface area contributed by atoms with Crippen LogP contribution in [0.2, 0.25) is 0 Å². The number of unbranched alkanes of at least 4 members (excludes halogenated alkanes) is 2. The highest BCUT2D eigenvalue weighted by atomic mass is 35.5. The van der Waals surface area contributed by atoms with Gasteiger partial charge in [-0.15, -0.1) is 19.0 Å². The smallest absolute Gasteiger partial charge is 0.128 e. The van der Waals surface area contributed by atoms with Crippen molar-refractivity contribution in [3.63, 3.8) is 0 Å². The molecule has 1 aromatic rings. The van der Waals surface area contributed by atoms with Gasteiger partial charge in [0.25, 0.3) is 0 Å². The first-order valence-corrected chi connectivity index (χ1v) is 8.04. The van der Waals surface area contributed by atoms with E-state index < -0.39 is 0 Å². The van der Waals surface area contributed by atoms with Crippen LogP contribution in [0.25, 0.3) is 0 Å². The molecule has 1 N–H and O–H groups in total. The maximum Gasteiger partial charge on any atom is 0.128 e. The average Bonchev–Trinajstić information content (AvgIpc) is 2.49. The van der Waals surface area contributed by atoms with Crippen LogP contribution in [0.5, 0.6) is 0 Å². The molecule has 0 aliphatic carbocycles. The van der Waals surface area contributed by atoms with E-state index in [1.54, 1.807) is 6.07 Å². The van der Waals surface area contributed by atoms with Crippen molar-refractivity contribution < 1.29 is 4.39 Å². The van der Waals surface area contributed by atoms with Crippen LogP contribution >= 0.6 is 12.4 Å². The lowest BCUT2D eigenvalue weighted by atomic mass is 9.96. The zero-order valence-electron chi connectivity index (χ0n) is 13.5. The molecular formula is C18H28ClFN2. The second-order valence-electron chi connectivity index (χ2n) is 5.90. The van der Waals surface area contributed by atoms with Gasteiger partial charge in [-0.1, -0.05) is 24.6 Å². The van der Waals surface area contributed by atoms with Crippen molar-refractivity contribution in [3.05, 3.63) is 47.8 Å². The second kappa shape index (κ2) is 9.98. The van der Waals surface area contributed by atoms with Gasteiger partial charge in [-0.05, 0) is 37.8 Å². The molecule has 2 rings (SSSR count). The highest BCUT2D eigenvalue weighted by Gasteiger charge is 2.24. The molecule has 0 saturated carbocycles. The molecule has 0 spiro atoms. The zero-order valence-corrected chi connectivity index (χ0v) is 14.3. The Bertz CT molecular complexity index is 458. The summed E-state index contributed by atoms with van der Waals surface area (Å²) < 4.78 is 14.4. The van der Waals surface area contributed by atoms with E-state index in [1.807, 2.05) is 25.1 Å². The molecule has 0 bridgehead atoms. The summed E-state index contributed by atoms with van der Waals surface area (Å²) in [5.41, 5.74) is 1.85. The Morgan fingerprint density at radius 1 is 1.32 bits per heavy atom. The van der Waals surface area contributed by atoms with Crippen molar-refractivity contribution in [2.24, 2.45) is 0 Å². The molecular weight excluding hydrogens is 299 g/mol. The van der Waals surface area contributed by atoms with Gasteiger partial charge in [-0.25, -0.2) is 4.39 Å². The first-order chi connectivity index (χ1) is 10.2. The lowest BCUT2D eigenvalue weighted by molar-refractivity contribution is 0.160. The van der Waals surface area contributed by atoms with Crippen molar-refractivity contribution >= 4 is 12.4 Å². The SMILES string of the molecule is C=CCCCC[C@H](c1ccc(C)cc1F)N1CCNCC1.Cl. The number of hydrogen-bond acceptors (Lipinski definition) is 2. The summed E-state index contributed by atoms with van der Waals surface area (Å²) in [6.07, 6.45) is 6.29. The third-order valence-corrected chi connectivity index (χ3v) is 4.24. The third-order valence-electron chi connectivity index (χ3n) is 4.24. The number of piperazine rings is 1. The van der Waals surface area contributed by atoms with Gasteiger partial charge in [0.05, 0.1) is 0 Å². The van der Waals surface area contributed by atoms with Crippen LogP contribution in [0, 0.1) is 12.7 Å². The van der Waals surface area contributed by atoms with Crippen LogP contribution in [-0.4, -0.2) is 31.1 Å². The quantitative estimate of drug-likeness (QED) is 0.595. The summed E-state index contributed by atoms with van der Waals surface area (Å²) in [7, 11) is 0. The summed E-state index contributed by atoms with van der Waals surface area (Å²) in [6.45, 7) is 9.70. The summed E-state index contributed by atoms with van der Waals surface area (Å²) in [5.74, 6) is -0.0535. The van der Waals surface area contributed by atoms with Crippen LogP contribution < -0.4 is 5.32 Å². The van der Waals surface area contributed by atoms with Crippen molar-refractivity contribution in [2.75, 3.05) is 26.2 Å². The molecule has 22 heavy (non-hydrogen) atoms. The second-order valence-corrected chi connectivity index (χ2v) is 5.90. The number of rotatable bonds is 7. The van der Waals surface area contributed by atoms with Gasteiger partial charge in [-0.2, -0.15) is 0 Å². The number of aryl methyl sites for hydroxylation is 1. The molecule has 0 radical (unpaired) electrons. The summed E-state index contributed by atoms with van der Waals surface area (Å²) >= 11 is 0. The van der Waals surface area contributed by atoms with Gasteiger partial charge in [0.1, 0.15) is 5.82 Å². The Morgan fingerprint density at radius 3 is 2.68 bits per heavy atom. The van der Waals surface area contributed by atoms with Crippen molar-refractivity contribution in [1.29, 1.82) is 0 Å². The normalized spacial score (nSPS) is 16.8. The highest BCUT2D eigenvalue weighted by molar-refractivity contribution is 5.85. The van der Waals surface area contributed by atoms with Crippen LogP contribution in [0.1, 0.15) is 42.9 Å². The minimum Gasteiger partial charge on any atom is -0.314 e. The Morgan fingerprint density at radius 2 is 2.05 bits per heavy atom. The lowest BCUT2D eigenvalue weighted by Crippen LogP contribution is -2.45. The standard InChI is InChI=1S/C18H27FN2.ClH/c1-3-4-5-6-7-18(21-12-10-20-11-13-21)16-9-8-15(2)14-17(16)19;/h3,8-9,14,18,20H,1,4-7,10-13H2,2H3;1H/t18-;/m1./s1. The monoisotopic (exact) mass is 326 g/mol. The summed E-state index contributed by atoms with van der Waals surface area (Å²) in [4.78, 5) is 2.43. The maximum atomic E-state index is 14.4. The fraction of sp³-hybridized carbons (Fsp3) is 0.556. The molecule has 1 aliphatic rings. The van der Waals surface area contributed by atoms with E-state index in [1.165, 1.54) is 0 Å². The molecule has 1 aromatic carbocycles. The van der Waals surface area contributed by atoms with E-state index in [2.05, 4.69) is 16.8 Å². The summed E-state index contributed by atoms with van der Waals surface area (Å²) in [6, 6.07) is 5.87. The Kier molecular flexibility index (Phi) is 8.69. The fourth-order valence-electron chi connectivity index (χ4n) is 3.06. The lowest BCUT2D eigenvalue weighted by Gasteiger charge is -2.35. The maximum absolute atomic E-state index is 14.4. The first kappa shape index (κ1) is 19.1. The predicted molar refractivity (Wildman–Crippen MR) is 94.2 cm³/mol. The zero-order chi connectivity index (χ0) is 15.1. The van der Waals surface area contributed by atoms with Crippen LogP contribution in [0.15, 0.2) is 30.9 Å². The minimum absolute atomic E-state index is 0. The number of benzene rings is 1. The predicted octanol–water partition coefficient (Wildman–Crippen LogP) is 4.25. The Labute approximate surface area is 140 Å². The number of halogens is 2. The Balaban J connectivity index is 0.00000242. The molecule has 1 aliphatic heterocycles. The van der Waals surface area contributed by atoms with Crippen molar-refractivity contribution in [1.82, 2.24) is 10.2 Å². The number of hydrogen-bond donors (Lipinski definition) is 1. The minimum atomic E-state index is -0.0535. The van der Waals surface area contributed by atoms with Crippen LogP contribution in [0.4, 0.5) is 4.39 Å². The van der Waals surface area contributed by atoms with Gasteiger partial charge in [0.2, 0.25) is 0 Å². The van der Waals surface area contributed by atoms with Gasteiger partial charge in [0.15, 0.2) is 0 Å². The highest BCUT2D eigenvalue weighted by Crippen LogP contribution is 2.29. The molecule has 1 heterocycles. The van der Waals surface area contributed by atoms with E-state index >= 15 is 0 Å². The number of nitrogens with one attached hydrogen (secondary N) is 1. The van der Waals surface area contributed by atoms with E-state index in [4.69, 9.17) is 0 Å². The molecule has 1 atom stereocenters. The fourth-order valence-corrected chi connectivity index (χ4v) is 3.06.